The van der Waals surface area contributed by atoms with Crippen molar-refractivity contribution in [1.82, 2.24) is 14.9 Å². The van der Waals surface area contributed by atoms with E-state index in [4.69, 9.17) is 10.4 Å². The number of nitriles is 1. The number of carboxylic acid groups (broad SMARTS) is 1. The summed E-state index contributed by atoms with van der Waals surface area (Å²) in [4.78, 5) is 31.0. The van der Waals surface area contributed by atoms with Crippen molar-refractivity contribution in [2.45, 2.75) is 19.3 Å². The molecule has 0 spiro atoms. The van der Waals surface area contributed by atoms with Crippen LogP contribution in [0.2, 0.25) is 0 Å². The van der Waals surface area contributed by atoms with Crippen molar-refractivity contribution in [3.63, 3.8) is 0 Å². The summed E-state index contributed by atoms with van der Waals surface area (Å²) in [5.41, 5.74) is 2.50. The molecule has 0 fully saturated rings. The molecular weight excluding hydrogens is 356 g/mol. The second-order valence-corrected chi connectivity index (χ2v) is 6.62. The van der Waals surface area contributed by atoms with Gasteiger partial charge >= 0.3 is 5.97 Å². The molecule has 0 aliphatic carbocycles. The molecule has 0 bridgehead atoms. The number of nitrogens with zero attached hydrogens (tertiary/aromatic N) is 2. The van der Waals surface area contributed by atoms with Crippen LogP contribution in [0.1, 0.15) is 24.0 Å². The Bertz CT molecular complexity index is 1190. The van der Waals surface area contributed by atoms with E-state index in [1.165, 1.54) is 0 Å². The number of aromatic amines is 2. The van der Waals surface area contributed by atoms with Crippen LogP contribution in [0.5, 0.6) is 0 Å². The Kier molecular flexibility index (Phi) is 5.78. The van der Waals surface area contributed by atoms with Gasteiger partial charge in [-0.15, -0.1) is 0 Å². The molecule has 142 valence electrons. The van der Waals surface area contributed by atoms with E-state index < -0.39 is 5.97 Å². The Hall–Kier alpha value is -3.55. The SMILES string of the molecule is CN(CC#Cc1ccc2[nH]c(=O)c3[nH]cc(CCC(=O)O)c3c2c1)CCC#N. The van der Waals surface area contributed by atoms with Gasteiger partial charge in [-0.3, -0.25) is 14.5 Å². The maximum absolute atomic E-state index is 12.3. The van der Waals surface area contributed by atoms with Crippen molar-refractivity contribution in [3.05, 3.63) is 45.9 Å². The number of H-pyrrole nitrogens is 2. The maximum atomic E-state index is 12.3. The number of rotatable bonds is 6. The molecule has 0 atom stereocenters. The molecular formula is C21H20N4O3. The molecule has 3 N–H and O–H groups in total. The number of aryl methyl sites for hydroxylation is 1. The van der Waals surface area contributed by atoms with Crippen LogP contribution in [0.25, 0.3) is 21.8 Å². The third-order valence-electron chi connectivity index (χ3n) is 4.52. The predicted octanol–water partition coefficient (Wildman–Crippen LogP) is 2.22. The Balaban J connectivity index is 1.98. The molecule has 7 heteroatoms. The van der Waals surface area contributed by atoms with E-state index in [1.54, 1.807) is 6.20 Å². The van der Waals surface area contributed by atoms with E-state index in [0.717, 1.165) is 21.9 Å². The van der Waals surface area contributed by atoms with Gasteiger partial charge in [0.05, 0.1) is 12.6 Å². The normalized spacial score (nSPS) is 10.8. The summed E-state index contributed by atoms with van der Waals surface area (Å²) >= 11 is 0. The molecule has 0 aliphatic heterocycles. The number of carboxylic acids is 1. The third-order valence-corrected chi connectivity index (χ3v) is 4.52. The summed E-state index contributed by atoms with van der Waals surface area (Å²) in [7, 11) is 1.91. The first kappa shape index (κ1) is 19.2. The fraction of sp³-hybridized carbons (Fsp3) is 0.286. The molecule has 0 radical (unpaired) electrons. The van der Waals surface area contributed by atoms with Crippen LogP contribution in [0.3, 0.4) is 0 Å². The largest absolute Gasteiger partial charge is 0.481 e. The third kappa shape index (κ3) is 4.22. The standard InChI is InChI=1S/C21H20N4O3/c1-25(11-3-9-22)10-2-4-14-5-7-17-16(12-14)19-15(6-8-18(26)27)13-23-20(19)21(28)24-17/h5,7,12-13,23H,3,6,8,10-11H2,1H3,(H,24,28)(H,26,27). The van der Waals surface area contributed by atoms with Crippen LogP contribution in [-0.2, 0) is 11.2 Å². The van der Waals surface area contributed by atoms with Crippen LogP contribution in [0.4, 0.5) is 0 Å². The lowest BCUT2D eigenvalue weighted by Gasteiger charge is -2.09. The molecule has 0 saturated carbocycles. The highest BCUT2D eigenvalue weighted by atomic mass is 16.4. The van der Waals surface area contributed by atoms with Crippen molar-refractivity contribution in [2.24, 2.45) is 0 Å². The van der Waals surface area contributed by atoms with Crippen LogP contribution in [0.15, 0.2) is 29.2 Å². The zero-order valence-electron chi connectivity index (χ0n) is 15.5. The number of pyridine rings is 1. The van der Waals surface area contributed by atoms with Gasteiger partial charge < -0.3 is 15.1 Å². The fourth-order valence-electron chi connectivity index (χ4n) is 3.11. The summed E-state index contributed by atoms with van der Waals surface area (Å²) in [5.74, 6) is 5.33. The molecule has 2 heterocycles. The number of carbonyl (C=O) groups is 1. The van der Waals surface area contributed by atoms with Gasteiger partial charge in [0, 0.05) is 47.4 Å². The number of fused-ring (bicyclic) bond motifs is 3. The lowest BCUT2D eigenvalue weighted by molar-refractivity contribution is -0.136. The summed E-state index contributed by atoms with van der Waals surface area (Å²) in [6.45, 7) is 1.22. The first-order valence-corrected chi connectivity index (χ1v) is 8.91. The highest BCUT2D eigenvalue weighted by Gasteiger charge is 2.13. The zero-order chi connectivity index (χ0) is 20.1. The Morgan fingerprint density at radius 3 is 2.93 bits per heavy atom. The van der Waals surface area contributed by atoms with Crippen molar-refractivity contribution in [3.8, 4) is 17.9 Å². The average molecular weight is 376 g/mol. The average Bonchev–Trinajstić information content (AvgIpc) is 3.10. The first-order chi connectivity index (χ1) is 13.5. The van der Waals surface area contributed by atoms with E-state index in [1.807, 2.05) is 30.1 Å². The zero-order valence-corrected chi connectivity index (χ0v) is 15.5. The Morgan fingerprint density at radius 1 is 1.36 bits per heavy atom. The Morgan fingerprint density at radius 2 is 2.18 bits per heavy atom. The summed E-state index contributed by atoms with van der Waals surface area (Å²) in [5, 5.41) is 19.2. The second kappa shape index (κ2) is 8.43. The van der Waals surface area contributed by atoms with Gasteiger partial charge in [0.1, 0.15) is 5.52 Å². The molecule has 0 saturated heterocycles. The summed E-state index contributed by atoms with van der Waals surface area (Å²) in [6, 6.07) is 7.68. The minimum absolute atomic E-state index is 0.00419. The van der Waals surface area contributed by atoms with Gasteiger partial charge in [-0.25, -0.2) is 0 Å². The number of hydrogen-bond acceptors (Lipinski definition) is 4. The number of aliphatic carboxylic acids is 1. The molecule has 0 unspecified atom stereocenters. The first-order valence-electron chi connectivity index (χ1n) is 8.91. The minimum Gasteiger partial charge on any atom is -0.481 e. The quantitative estimate of drug-likeness (QED) is 0.571. The van der Waals surface area contributed by atoms with E-state index in [0.29, 0.717) is 37.0 Å². The molecule has 0 aliphatic rings. The van der Waals surface area contributed by atoms with Gasteiger partial charge in [0.15, 0.2) is 0 Å². The van der Waals surface area contributed by atoms with Crippen LogP contribution in [-0.4, -0.2) is 46.1 Å². The Labute approximate surface area is 161 Å². The van der Waals surface area contributed by atoms with E-state index >= 15 is 0 Å². The van der Waals surface area contributed by atoms with Crippen LogP contribution >= 0.6 is 0 Å². The number of aromatic nitrogens is 2. The van der Waals surface area contributed by atoms with E-state index in [2.05, 4.69) is 27.9 Å². The minimum atomic E-state index is -0.879. The lowest BCUT2D eigenvalue weighted by Crippen LogP contribution is -2.19. The fourth-order valence-corrected chi connectivity index (χ4v) is 3.11. The van der Waals surface area contributed by atoms with Gasteiger partial charge in [-0.05, 0) is 37.2 Å². The van der Waals surface area contributed by atoms with Gasteiger partial charge in [0.25, 0.3) is 5.56 Å². The number of hydrogen-bond donors (Lipinski definition) is 3. The molecule has 28 heavy (non-hydrogen) atoms. The van der Waals surface area contributed by atoms with Gasteiger partial charge in [0.2, 0.25) is 0 Å². The van der Waals surface area contributed by atoms with Crippen molar-refractivity contribution in [1.29, 1.82) is 5.26 Å². The smallest absolute Gasteiger partial charge is 0.303 e. The molecule has 1 aromatic carbocycles. The second-order valence-electron chi connectivity index (χ2n) is 6.62. The topological polar surface area (TPSA) is 113 Å². The highest BCUT2D eigenvalue weighted by Crippen LogP contribution is 2.26. The van der Waals surface area contributed by atoms with Crippen LogP contribution in [0, 0.1) is 23.2 Å². The molecule has 3 aromatic rings. The van der Waals surface area contributed by atoms with Crippen molar-refractivity contribution in [2.75, 3.05) is 20.1 Å². The monoisotopic (exact) mass is 376 g/mol. The van der Waals surface area contributed by atoms with Crippen LogP contribution < -0.4 is 5.56 Å². The van der Waals surface area contributed by atoms with Gasteiger partial charge in [-0.1, -0.05) is 11.8 Å². The summed E-state index contributed by atoms with van der Waals surface area (Å²) in [6.07, 6.45) is 2.50. The highest BCUT2D eigenvalue weighted by molar-refractivity contribution is 6.06. The van der Waals surface area contributed by atoms with Crippen molar-refractivity contribution < 1.29 is 9.90 Å². The number of benzene rings is 1. The molecule has 7 nitrogen and oxygen atoms in total. The predicted molar refractivity (Wildman–Crippen MR) is 107 cm³/mol. The lowest BCUT2D eigenvalue weighted by atomic mass is 10.0. The number of nitrogens with one attached hydrogen (secondary N) is 2. The van der Waals surface area contributed by atoms with E-state index in [-0.39, 0.29) is 12.0 Å². The van der Waals surface area contributed by atoms with Gasteiger partial charge in [-0.2, -0.15) is 5.26 Å². The van der Waals surface area contributed by atoms with Crippen molar-refractivity contribution >= 4 is 27.8 Å². The molecule has 0 amide bonds. The van der Waals surface area contributed by atoms with E-state index in [9.17, 15) is 9.59 Å². The summed E-state index contributed by atoms with van der Waals surface area (Å²) < 4.78 is 0. The molecule has 2 aromatic heterocycles. The maximum Gasteiger partial charge on any atom is 0.303 e. The molecule has 3 rings (SSSR count).